The summed E-state index contributed by atoms with van der Waals surface area (Å²) < 4.78 is 0. The molecular formula is C11H20N6O3. The van der Waals surface area contributed by atoms with Gasteiger partial charge in [0.2, 0.25) is 0 Å². The highest BCUT2D eigenvalue weighted by Crippen LogP contribution is 2.14. The van der Waals surface area contributed by atoms with Crippen LogP contribution in [0.3, 0.4) is 0 Å². The Labute approximate surface area is 116 Å². The van der Waals surface area contributed by atoms with E-state index in [1.165, 1.54) is 4.80 Å². The number of carbonyl (C=O) groups excluding carboxylic acids is 1. The second kappa shape index (κ2) is 7.41. The predicted molar refractivity (Wildman–Crippen MR) is 71.0 cm³/mol. The molecule has 0 aromatic carbocycles. The van der Waals surface area contributed by atoms with E-state index in [0.717, 1.165) is 6.42 Å². The van der Waals surface area contributed by atoms with E-state index in [9.17, 15) is 9.59 Å². The summed E-state index contributed by atoms with van der Waals surface area (Å²) in [4.78, 5) is 23.6. The number of anilines is 1. The summed E-state index contributed by atoms with van der Waals surface area (Å²) in [5.41, 5.74) is 0. The van der Waals surface area contributed by atoms with Gasteiger partial charge in [0.1, 0.15) is 0 Å². The maximum Gasteiger partial charge on any atom is 0.321 e. The third-order valence-electron chi connectivity index (χ3n) is 2.55. The molecule has 0 bridgehead atoms. The van der Waals surface area contributed by atoms with Gasteiger partial charge in [-0.1, -0.05) is 18.9 Å². The molecule has 0 spiro atoms. The van der Waals surface area contributed by atoms with E-state index in [-0.39, 0.29) is 24.8 Å². The Balaban J connectivity index is 2.41. The number of nitrogens with one attached hydrogen (secondary N) is 2. The molecule has 0 saturated heterocycles. The third kappa shape index (κ3) is 6.12. The fourth-order valence-corrected chi connectivity index (χ4v) is 1.87. The lowest BCUT2D eigenvalue weighted by atomic mass is 9.94. The van der Waals surface area contributed by atoms with Gasteiger partial charge in [0.05, 0.1) is 7.05 Å². The van der Waals surface area contributed by atoms with Gasteiger partial charge >= 0.3 is 12.0 Å². The summed E-state index contributed by atoms with van der Waals surface area (Å²) in [5.74, 6) is -0.504. The minimum absolute atomic E-state index is 0.0296. The van der Waals surface area contributed by atoms with Crippen LogP contribution in [-0.4, -0.2) is 43.9 Å². The number of urea groups is 1. The second-order valence-electron chi connectivity index (χ2n) is 5.03. The van der Waals surface area contributed by atoms with Crippen LogP contribution in [0.4, 0.5) is 10.7 Å². The minimum Gasteiger partial charge on any atom is -0.481 e. The van der Waals surface area contributed by atoms with Gasteiger partial charge in [-0.2, -0.15) is 4.80 Å². The largest absolute Gasteiger partial charge is 0.481 e. The van der Waals surface area contributed by atoms with E-state index in [1.54, 1.807) is 7.05 Å². The molecule has 0 aliphatic heterocycles. The van der Waals surface area contributed by atoms with Crippen LogP contribution in [0, 0.1) is 11.8 Å². The first-order valence-electron chi connectivity index (χ1n) is 6.37. The molecule has 0 aliphatic carbocycles. The van der Waals surface area contributed by atoms with Crippen molar-refractivity contribution in [1.29, 1.82) is 0 Å². The molecule has 0 aliphatic rings. The Hall–Kier alpha value is -2.19. The first-order valence-corrected chi connectivity index (χ1v) is 6.37. The van der Waals surface area contributed by atoms with Crippen molar-refractivity contribution in [3.05, 3.63) is 0 Å². The quantitative estimate of drug-likeness (QED) is 0.669. The lowest BCUT2D eigenvalue weighted by Crippen LogP contribution is -2.34. The standard InChI is InChI=1S/C11H20N6O3/c1-7(2)4-8(5-9(18)19)6-12-11(20)13-10-14-16-17(3)15-10/h7-8H,4-6H2,1-3H3,(H,18,19)(H2,12,13,15,20). The smallest absolute Gasteiger partial charge is 0.321 e. The minimum atomic E-state index is -0.867. The maximum absolute atomic E-state index is 11.6. The van der Waals surface area contributed by atoms with Crippen LogP contribution in [0.1, 0.15) is 26.7 Å². The van der Waals surface area contributed by atoms with Crippen molar-refractivity contribution in [3.8, 4) is 0 Å². The van der Waals surface area contributed by atoms with E-state index in [2.05, 4.69) is 26.0 Å². The fourth-order valence-electron chi connectivity index (χ4n) is 1.87. The van der Waals surface area contributed by atoms with Crippen molar-refractivity contribution in [3.63, 3.8) is 0 Å². The van der Waals surface area contributed by atoms with Crippen molar-refractivity contribution in [2.45, 2.75) is 26.7 Å². The highest BCUT2D eigenvalue weighted by molar-refractivity contribution is 5.87. The van der Waals surface area contributed by atoms with E-state index in [1.807, 2.05) is 13.8 Å². The zero-order chi connectivity index (χ0) is 15.1. The molecule has 3 N–H and O–H groups in total. The van der Waals surface area contributed by atoms with E-state index in [0.29, 0.717) is 5.92 Å². The Morgan fingerprint density at radius 1 is 1.40 bits per heavy atom. The number of aromatic nitrogens is 4. The van der Waals surface area contributed by atoms with Crippen molar-refractivity contribution < 1.29 is 14.7 Å². The molecule has 1 aromatic rings. The van der Waals surface area contributed by atoms with Crippen molar-refractivity contribution in [2.24, 2.45) is 18.9 Å². The number of carboxylic acids is 1. The zero-order valence-electron chi connectivity index (χ0n) is 11.8. The first-order chi connectivity index (χ1) is 9.36. The number of carbonyl (C=O) groups is 2. The van der Waals surface area contributed by atoms with Gasteiger partial charge in [-0.25, -0.2) is 4.79 Å². The molecule has 112 valence electrons. The molecule has 1 heterocycles. The monoisotopic (exact) mass is 284 g/mol. The van der Waals surface area contributed by atoms with E-state index in [4.69, 9.17) is 5.11 Å². The van der Waals surface area contributed by atoms with Crippen LogP contribution in [0.15, 0.2) is 0 Å². The molecule has 0 radical (unpaired) electrons. The molecule has 9 heteroatoms. The molecule has 1 atom stereocenters. The number of amides is 2. The highest BCUT2D eigenvalue weighted by atomic mass is 16.4. The Morgan fingerprint density at radius 2 is 2.10 bits per heavy atom. The van der Waals surface area contributed by atoms with Gasteiger partial charge in [0.25, 0.3) is 5.95 Å². The molecule has 1 unspecified atom stereocenters. The average Bonchev–Trinajstić information content (AvgIpc) is 2.70. The van der Waals surface area contributed by atoms with Crippen LogP contribution in [0.5, 0.6) is 0 Å². The molecule has 1 aromatic heterocycles. The summed E-state index contributed by atoms with van der Waals surface area (Å²) in [6.45, 7) is 4.31. The van der Waals surface area contributed by atoms with Gasteiger partial charge < -0.3 is 10.4 Å². The number of carboxylic acid groups (broad SMARTS) is 1. The number of rotatable bonds is 7. The van der Waals surface area contributed by atoms with Gasteiger partial charge in [-0.05, 0) is 23.5 Å². The van der Waals surface area contributed by atoms with Gasteiger partial charge in [0, 0.05) is 13.0 Å². The van der Waals surface area contributed by atoms with Crippen molar-refractivity contribution in [1.82, 2.24) is 25.5 Å². The summed E-state index contributed by atoms with van der Waals surface area (Å²) in [5, 5.41) is 24.9. The topological polar surface area (TPSA) is 122 Å². The molecule has 2 amide bonds. The van der Waals surface area contributed by atoms with Gasteiger partial charge in [0.15, 0.2) is 0 Å². The molecule has 0 saturated carbocycles. The molecular weight excluding hydrogens is 264 g/mol. The SMILES string of the molecule is CC(C)CC(CNC(=O)Nc1nnn(C)n1)CC(=O)O. The molecule has 9 nitrogen and oxygen atoms in total. The van der Waals surface area contributed by atoms with E-state index < -0.39 is 12.0 Å². The number of nitrogens with zero attached hydrogens (tertiary/aromatic N) is 4. The Bertz CT molecular complexity index is 459. The van der Waals surface area contributed by atoms with Crippen LogP contribution in [0.2, 0.25) is 0 Å². The highest BCUT2D eigenvalue weighted by Gasteiger charge is 2.16. The normalized spacial score (nSPS) is 12.2. The molecule has 20 heavy (non-hydrogen) atoms. The molecule has 0 fully saturated rings. The summed E-state index contributed by atoms with van der Waals surface area (Å²) in [7, 11) is 1.58. The van der Waals surface area contributed by atoms with Crippen LogP contribution in [-0.2, 0) is 11.8 Å². The van der Waals surface area contributed by atoms with Gasteiger partial charge in [-0.3, -0.25) is 10.1 Å². The molecule has 1 rings (SSSR count). The Kier molecular flexibility index (Phi) is 5.88. The van der Waals surface area contributed by atoms with Crippen LogP contribution >= 0.6 is 0 Å². The Morgan fingerprint density at radius 3 is 2.60 bits per heavy atom. The number of tetrazole rings is 1. The fraction of sp³-hybridized carbons (Fsp3) is 0.727. The average molecular weight is 284 g/mol. The maximum atomic E-state index is 11.6. The summed E-state index contributed by atoms with van der Waals surface area (Å²) in [6.07, 6.45) is 0.762. The van der Waals surface area contributed by atoms with E-state index >= 15 is 0 Å². The summed E-state index contributed by atoms with van der Waals surface area (Å²) >= 11 is 0. The number of hydrogen-bond acceptors (Lipinski definition) is 5. The third-order valence-corrected chi connectivity index (χ3v) is 2.55. The van der Waals surface area contributed by atoms with Crippen molar-refractivity contribution >= 4 is 17.9 Å². The number of aliphatic carboxylic acids is 1. The lowest BCUT2D eigenvalue weighted by Gasteiger charge is -2.17. The summed E-state index contributed by atoms with van der Waals surface area (Å²) in [6, 6.07) is -0.475. The second-order valence-corrected chi connectivity index (χ2v) is 5.03. The van der Waals surface area contributed by atoms with Crippen molar-refractivity contribution in [2.75, 3.05) is 11.9 Å². The van der Waals surface area contributed by atoms with Crippen LogP contribution in [0.25, 0.3) is 0 Å². The van der Waals surface area contributed by atoms with Crippen LogP contribution < -0.4 is 10.6 Å². The number of aryl methyl sites for hydroxylation is 1. The lowest BCUT2D eigenvalue weighted by molar-refractivity contribution is -0.138. The first kappa shape index (κ1) is 15.9. The van der Waals surface area contributed by atoms with Gasteiger partial charge in [-0.15, -0.1) is 5.10 Å². The zero-order valence-corrected chi connectivity index (χ0v) is 11.8. The predicted octanol–water partition coefficient (Wildman–Crippen LogP) is 0.469. The number of hydrogen-bond donors (Lipinski definition) is 3.